The van der Waals surface area contributed by atoms with Gasteiger partial charge in [0.05, 0.1) is 33.2 Å². The molecule has 0 spiro atoms. The predicted molar refractivity (Wildman–Crippen MR) is 131 cm³/mol. The van der Waals surface area contributed by atoms with Crippen LogP contribution in [0.2, 0.25) is 0 Å². The van der Waals surface area contributed by atoms with E-state index in [9.17, 15) is 14.7 Å². The van der Waals surface area contributed by atoms with E-state index in [4.69, 9.17) is 16.7 Å². The molecule has 3 aromatic heterocycles. The molecule has 0 atom stereocenters. The third-order valence-corrected chi connectivity index (χ3v) is 6.98. The van der Waals surface area contributed by atoms with Crippen LogP contribution in [0.15, 0.2) is 36.5 Å². The van der Waals surface area contributed by atoms with Crippen molar-refractivity contribution in [3.8, 4) is 27.5 Å². The number of benzene rings is 1. The number of anilines is 1. The van der Waals surface area contributed by atoms with Crippen LogP contribution in [-0.4, -0.2) is 36.7 Å². The van der Waals surface area contributed by atoms with E-state index in [0.29, 0.717) is 16.4 Å². The number of carbonyl (C=O) groups excluding carboxylic acids is 1. The SMILES string of the molecule is CC(=O)Nc1nc2c(s1)-c1c(c(-c3ccc(C)nc3)nn1-c1ccc(C(=O)O)cc1CCl)CC2. The zero-order valence-electron chi connectivity index (χ0n) is 18.4. The van der Waals surface area contributed by atoms with Crippen molar-refractivity contribution in [2.24, 2.45) is 0 Å². The fourth-order valence-electron chi connectivity index (χ4n) is 4.12. The van der Waals surface area contributed by atoms with E-state index in [1.54, 1.807) is 18.2 Å². The number of alkyl halides is 1. The van der Waals surface area contributed by atoms with Crippen LogP contribution in [0.25, 0.3) is 27.5 Å². The van der Waals surface area contributed by atoms with E-state index in [-0.39, 0.29) is 17.4 Å². The molecule has 0 unspecified atom stereocenters. The minimum Gasteiger partial charge on any atom is -0.478 e. The predicted octanol–water partition coefficient (Wildman–Crippen LogP) is 4.86. The zero-order valence-corrected chi connectivity index (χ0v) is 20.0. The van der Waals surface area contributed by atoms with Crippen LogP contribution in [-0.2, 0) is 23.5 Å². The van der Waals surface area contributed by atoms with Crippen molar-refractivity contribution in [3.63, 3.8) is 0 Å². The topological polar surface area (TPSA) is 110 Å². The third-order valence-electron chi connectivity index (χ3n) is 5.67. The second-order valence-electron chi connectivity index (χ2n) is 8.03. The maximum atomic E-state index is 11.6. The molecule has 1 amide bonds. The number of halogens is 1. The summed E-state index contributed by atoms with van der Waals surface area (Å²) in [5.41, 5.74) is 6.95. The minimum atomic E-state index is -1.02. The maximum absolute atomic E-state index is 11.6. The maximum Gasteiger partial charge on any atom is 0.335 e. The molecule has 0 saturated heterocycles. The Balaban J connectivity index is 1.76. The van der Waals surface area contributed by atoms with E-state index in [2.05, 4.69) is 15.3 Å². The summed E-state index contributed by atoms with van der Waals surface area (Å²) in [5.74, 6) is -1.07. The zero-order chi connectivity index (χ0) is 24.0. The van der Waals surface area contributed by atoms with E-state index < -0.39 is 5.97 Å². The van der Waals surface area contributed by atoms with Gasteiger partial charge in [0.25, 0.3) is 0 Å². The molecular formula is C24H20ClN5O3S. The molecule has 0 fully saturated rings. The Kier molecular flexibility index (Phi) is 5.66. The molecule has 1 aliphatic carbocycles. The summed E-state index contributed by atoms with van der Waals surface area (Å²) in [5, 5.41) is 17.7. The van der Waals surface area contributed by atoms with E-state index in [1.807, 2.05) is 29.9 Å². The Bertz CT molecular complexity index is 1440. The highest BCUT2D eigenvalue weighted by Gasteiger charge is 2.30. The van der Waals surface area contributed by atoms with Gasteiger partial charge in [-0.3, -0.25) is 9.78 Å². The second kappa shape index (κ2) is 8.66. The van der Waals surface area contributed by atoms with Gasteiger partial charge in [0.1, 0.15) is 0 Å². The molecule has 172 valence electrons. The first kappa shape index (κ1) is 22.2. The summed E-state index contributed by atoms with van der Waals surface area (Å²) in [7, 11) is 0. The van der Waals surface area contributed by atoms with Crippen molar-refractivity contribution in [1.29, 1.82) is 0 Å². The smallest absolute Gasteiger partial charge is 0.335 e. The lowest BCUT2D eigenvalue weighted by Crippen LogP contribution is -2.08. The summed E-state index contributed by atoms with van der Waals surface area (Å²) >= 11 is 7.64. The van der Waals surface area contributed by atoms with Gasteiger partial charge in [-0.1, -0.05) is 11.3 Å². The largest absolute Gasteiger partial charge is 0.478 e. The minimum absolute atomic E-state index is 0.124. The van der Waals surface area contributed by atoms with Crippen molar-refractivity contribution < 1.29 is 14.7 Å². The Morgan fingerprint density at radius 1 is 1.24 bits per heavy atom. The standard InChI is InChI=1S/C24H20ClN5O3S/c1-12-3-4-15(11-26-12)20-17-6-7-18-22(34-24(28-18)27-13(2)31)21(17)30(29-20)19-8-5-14(23(32)33)9-16(19)10-25/h3-5,8-9,11H,6-7,10H2,1-2H3,(H,32,33)(H,27,28,31). The number of aromatic nitrogens is 4. The van der Waals surface area contributed by atoms with Crippen molar-refractivity contribution in [1.82, 2.24) is 19.7 Å². The average molecular weight is 494 g/mol. The van der Waals surface area contributed by atoms with Gasteiger partial charge in [-0.2, -0.15) is 5.10 Å². The molecular weight excluding hydrogens is 474 g/mol. The normalized spacial score (nSPS) is 12.2. The second-order valence-corrected chi connectivity index (χ2v) is 9.30. The molecule has 10 heteroatoms. The highest BCUT2D eigenvalue weighted by Crippen LogP contribution is 2.44. The molecule has 0 bridgehead atoms. The molecule has 1 aromatic carbocycles. The number of rotatable bonds is 5. The average Bonchev–Trinajstić information content (AvgIpc) is 3.39. The molecule has 1 aliphatic rings. The van der Waals surface area contributed by atoms with Crippen molar-refractivity contribution in [2.75, 3.05) is 5.32 Å². The van der Waals surface area contributed by atoms with E-state index in [0.717, 1.165) is 51.6 Å². The Labute approximate surface area is 204 Å². The van der Waals surface area contributed by atoms with Gasteiger partial charge in [-0.15, -0.1) is 11.6 Å². The number of nitrogens with zero attached hydrogens (tertiary/aromatic N) is 4. The molecule has 0 radical (unpaired) electrons. The number of fused-ring (bicyclic) bond motifs is 3. The van der Waals surface area contributed by atoms with Crippen LogP contribution in [0.5, 0.6) is 0 Å². The fraction of sp³-hybridized carbons (Fsp3) is 0.208. The summed E-state index contributed by atoms with van der Waals surface area (Å²) in [6, 6.07) is 8.80. The van der Waals surface area contributed by atoms with Gasteiger partial charge >= 0.3 is 5.97 Å². The first-order valence-electron chi connectivity index (χ1n) is 10.6. The highest BCUT2D eigenvalue weighted by molar-refractivity contribution is 7.19. The van der Waals surface area contributed by atoms with E-state index >= 15 is 0 Å². The van der Waals surface area contributed by atoms with Crippen molar-refractivity contribution in [3.05, 3.63) is 64.6 Å². The molecule has 0 saturated carbocycles. The van der Waals surface area contributed by atoms with E-state index in [1.165, 1.54) is 18.3 Å². The molecule has 34 heavy (non-hydrogen) atoms. The first-order valence-corrected chi connectivity index (χ1v) is 12.0. The first-order chi connectivity index (χ1) is 16.4. The summed E-state index contributed by atoms with van der Waals surface area (Å²) < 4.78 is 1.82. The Morgan fingerprint density at radius 2 is 2.06 bits per heavy atom. The Morgan fingerprint density at radius 3 is 2.74 bits per heavy atom. The summed E-state index contributed by atoms with van der Waals surface area (Å²) in [6.45, 7) is 3.39. The molecule has 8 nitrogen and oxygen atoms in total. The van der Waals surface area contributed by atoms with Crippen LogP contribution in [0.4, 0.5) is 5.13 Å². The lowest BCUT2D eigenvalue weighted by molar-refractivity contribution is -0.114. The Hall–Kier alpha value is -3.56. The molecule has 4 aromatic rings. The van der Waals surface area contributed by atoms with Crippen LogP contribution < -0.4 is 5.32 Å². The number of nitrogens with one attached hydrogen (secondary N) is 1. The monoisotopic (exact) mass is 493 g/mol. The summed E-state index contributed by atoms with van der Waals surface area (Å²) in [6.07, 6.45) is 3.25. The lowest BCUT2D eigenvalue weighted by Gasteiger charge is -2.16. The number of carboxylic acids is 1. The van der Waals surface area contributed by atoms with Gasteiger partial charge in [-0.05, 0) is 55.7 Å². The molecule has 0 aliphatic heterocycles. The van der Waals surface area contributed by atoms with Crippen LogP contribution in [0.3, 0.4) is 0 Å². The summed E-state index contributed by atoms with van der Waals surface area (Å²) in [4.78, 5) is 33.1. The lowest BCUT2D eigenvalue weighted by atomic mass is 9.95. The third kappa shape index (κ3) is 3.86. The van der Waals surface area contributed by atoms with Crippen molar-refractivity contribution in [2.45, 2.75) is 32.6 Å². The molecule has 2 N–H and O–H groups in total. The number of thiazole rings is 1. The van der Waals surface area contributed by atoms with Crippen LogP contribution in [0.1, 0.15) is 39.8 Å². The van der Waals surface area contributed by atoms with Gasteiger partial charge in [0, 0.05) is 35.8 Å². The molecule has 5 rings (SSSR count). The number of pyridine rings is 1. The van der Waals surface area contributed by atoms with Crippen LogP contribution >= 0.6 is 22.9 Å². The fourth-order valence-corrected chi connectivity index (χ4v) is 5.45. The molecule has 3 heterocycles. The number of aromatic carboxylic acids is 1. The number of amides is 1. The number of hydrogen-bond acceptors (Lipinski definition) is 6. The number of carboxylic acid groups (broad SMARTS) is 1. The quantitative estimate of drug-likeness (QED) is 0.384. The van der Waals surface area contributed by atoms with Gasteiger partial charge < -0.3 is 10.4 Å². The van der Waals surface area contributed by atoms with Gasteiger partial charge in [-0.25, -0.2) is 14.5 Å². The number of hydrogen-bond donors (Lipinski definition) is 2. The van der Waals surface area contributed by atoms with Crippen LogP contribution in [0, 0.1) is 6.92 Å². The van der Waals surface area contributed by atoms with Gasteiger partial charge in [0.2, 0.25) is 5.91 Å². The number of carbonyl (C=O) groups is 2. The number of aryl methyl sites for hydroxylation is 2. The van der Waals surface area contributed by atoms with Gasteiger partial charge in [0.15, 0.2) is 5.13 Å². The van der Waals surface area contributed by atoms with Crippen molar-refractivity contribution >= 4 is 39.9 Å². The highest BCUT2D eigenvalue weighted by atomic mass is 35.5.